The van der Waals surface area contributed by atoms with Crippen LogP contribution < -0.4 is 33.4 Å². The number of aryl methyl sites for hydroxylation is 1. The molecule has 102 valence electrons. The zero-order chi connectivity index (χ0) is 12.4. The quantitative estimate of drug-likeness (QED) is 0.434. The van der Waals surface area contributed by atoms with Crippen LogP contribution in [0.5, 0.6) is 0 Å². The Morgan fingerprint density at radius 1 is 1.32 bits per heavy atom. The molecule has 0 bridgehead atoms. The molecule has 5 nitrogen and oxygen atoms in total. The van der Waals surface area contributed by atoms with Crippen LogP contribution in [0.1, 0.15) is 0 Å². The Labute approximate surface area is 133 Å². The Morgan fingerprint density at radius 3 is 2.84 bits per heavy atom. The second-order valence-electron chi connectivity index (χ2n) is 4.29. The average Bonchev–Trinajstić information content (AvgIpc) is 2.89. The minimum Gasteiger partial charge on any atom is -1.00 e. The number of morpholine rings is 1. The molecule has 2 aromatic heterocycles. The fourth-order valence-electron chi connectivity index (χ4n) is 2.08. The molecule has 1 fully saturated rings. The fraction of sp³-hybridized carbons (Fsp3) is 0.417. The van der Waals surface area contributed by atoms with Crippen molar-refractivity contribution < 1.29 is 33.3 Å². The van der Waals surface area contributed by atoms with E-state index in [1.165, 1.54) is 11.7 Å². The molecule has 0 radical (unpaired) electrons. The summed E-state index contributed by atoms with van der Waals surface area (Å²) in [6, 6.07) is 4.10. The monoisotopic (exact) mass is 390 g/mol. The Hall–Kier alpha value is -0.800. The highest BCUT2D eigenvalue weighted by molar-refractivity contribution is 6.99. The van der Waals surface area contributed by atoms with Gasteiger partial charge in [0.2, 0.25) is 0 Å². The van der Waals surface area contributed by atoms with Crippen molar-refractivity contribution in [2.24, 2.45) is 7.05 Å². The molecule has 0 N–H and O–H groups in total. The number of pyridine rings is 1. The smallest absolute Gasteiger partial charge is 0.178 e. The van der Waals surface area contributed by atoms with Gasteiger partial charge in [0.1, 0.15) is 12.7 Å². The molecule has 1 aliphatic heterocycles. The predicted octanol–water partition coefficient (Wildman–Crippen LogP) is -2.13. The highest BCUT2D eigenvalue weighted by Gasteiger charge is 2.20. The lowest BCUT2D eigenvalue weighted by molar-refractivity contribution is -0.671. The molecule has 1 aliphatic rings. The largest absolute Gasteiger partial charge is 1.00 e. The number of aromatic nitrogens is 3. The highest BCUT2D eigenvalue weighted by atomic mass is 127. The molecular formula is C12H15IN4OS. The first kappa shape index (κ1) is 14.6. The summed E-state index contributed by atoms with van der Waals surface area (Å²) in [5, 5.41) is 0. The normalized spacial score (nSPS) is 15.1. The molecular weight excluding hydrogens is 375 g/mol. The van der Waals surface area contributed by atoms with Gasteiger partial charge in [0, 0.05) is 19.2 Å². The van der Waals surface area contributed by atoms with E-state index in [4.69, 9.17) is 4.74 Å². The van der Waals surface area contributed by atoms with Gasteiger partial charge in [0.25, 0.3) is 0 Å². The maximum atomic E-state index is 5.37. The van der Waals surface area contributed by atoms with Crippen LogP contribution in [0.2, 0.25) is 0 Å². The first-order valence-corrected chi connectivity index (χ1v) is 6.68. The van der Waals surface area contributed by atoms with Crippen molar-refractivity contribution in [1.29, 1.82) is 0 Å². The summed E-state index contributed by atoms with van der Waals surface area (Å²) in [5.74, 6) is 0.981. The van der Waals surface area contributed by atoms with Crippen LogP contribution >= 0.6 is 11.7 Å². The second kappa shape index (κ2) is 6.58. The summed E-state index contributed by atoms with van der Waals surface area (Å²) in [6.45, 7) is 3.30. The van der Waals surface area contributed by atoms with Crippen LogP contribution in [-0.4, -0.2) is 35.1 Å². The maximum absolute atomic E-state index is 5.37. The number of nitrogens with zero attached hydrogens (tertiary/aromatic N) is 4. The zero-order valence-electron chi connectivity index (χ0n) is 10.6. The maximum Gasteiger partial charge on any atom is 0.178 e. The van der Waals surface area contributed by atoms with Gasteiger partial charge in [-0.05, 0) is 6.07 Å². The third-order valence-corrected chi connectivity index (χ3v) is 3.51. The standard InChI is InChI=1S/C12H15N4OS.HI/c1-15-4-2-3-10(9-15)11-12(14-18-13-11)16-5-7-17-8-6-16;/h2-4,9H,5-8H2,1H3;1H/q+1;/p-1. The van der Waals surface area contributed by atoms with E-state index < -0.39 is 0 Å². The number of hydrogen-bond acceptors (Lipinski definition) is 5. The molecule has 0 spiro atoms. The van der Waals surface area contributed by atoms with Crippen LogP contribution in [0.15, 0.2) is 24.5 Å². The van der Waals surface area contributed by atoms with Gasteiger partial charge in [0.05, 0.1) is 30.5 Å². The van der Waals surface area contributed by atoms with E-state index in [2.05, 4.69) is 25.9 Å². The van der Waals surface area contributed by atoms with Crippen LogP contribution in [-0.2, 0) is 11.8 Å². The van der Waals surface area contributed by atoms with Gasteiger partial charge in [0.15, 0.2) is 18.2 Å². The van der Waals surface area contributed by atoms with Crippen molar-refractivity contribution >= 4 is 17.5 Å². The lowest BCUT2D eigenvalue weighted by atomic mass is 10.2. The third-order valence-electron chi connectivity index (χ3n) is 2.99. The Morgan fingerprint density at radius 2 is 2.11 bits per heavy atom. The molecule has 0 aliphatic carbocycles. The van der Waals surface area contributed by atoms with Crippen LogP contribution in [0.3, 0.4) is 0 Å². The molecule has 0 saturated carbocycles. The summed E-state index contributed by atoms with van der Waals surface area (Å²) in [7, 11) is 2.01. The van der Waals surface area contributed by atoms with Gasteiger partial charge in [-0.1, -0.05) is 0 Å². The SMILES string of the molecule is C[n+]1cccc(-c2nsnc2N2CCOCC2)c1.[I-]. The summed E-state index contributed by atoms with van der Waals surface area (Å²) in [6.07, 6.45) is 4.08. The molecule has 0 atom stereocenters. The number of anilines is 1. The van der Waals surface area contributed by atoms with Gasteiger partial charge in [-0.25, -0.2) is 4.57 Å². The molecule has 7 heteroatoms. The molecule has 1 saturated heterocycles. The van der Waals surface area contributed by atoms with Crippen molar-refractivity contribution in [3.63, 3.8) is 0 Å². The lowest BCUT2D eigenvalue weighted by Gasteiger charge is -2.27. The van der Waals surface area contributed by atoms with E-state index in [0.717, 1.165) is 43.4 Å². The Bertz CT molecular complexity index is 542. The fourth-order valence-corrected chi connectivity index (χ4v) is 2.67. The Kier molecular flexibility index (Phi) is 5.06. The highest BCUT2D eigenvalue weighted by Crippen LogP contribution is 2.28. The van der Waals surface area contributed by atoms with Crippen LogP contribution in [0.25, 0.3) is 11.3 Å². The summed E-state index contributed by atoms with van der Waals surface area (Å²) in [4.78, 5) is 2.25. The summed E-state index contributed by atoms with van der Waals surface area (Å²) in [5.41, 5.74) is 2.08. The Balaban J connectivity index is 0.00000133. The van der Waals surface area contributed by atoms with Crippen LogP contribution in [0, 0.1) is 0 Å². The second-order valence-corrected chi connectivity index (χ2v) is 4.82. The predicted molar refractivity (Wildman–Crippen MR) is 69.6 cm³/mol. The first-order chi connectivity index (χ1) is 8.84. The summed E-state index contributed by atoms with van der Waals surface area (Å²) < 4.78 is 16.3. The van der Waals surface area contributed by atoms with Crippen molar-refractivity contribution in [3.05, 3.63) is 24.5 Å². The average molecular weight is 390 g/mol. The van der Waals surface area contributed by atoms with E-state index in [-0.39, 0.29) is 24.0 Å². The van der Waals surface area contributed by atoms with E-state index in [1.54, 1.807) is 0 Å². The molecule has 0 amide bonds. The van der Waals surface area contributed by atoms with Crippen molar-refractivity contribution in [1.82, 2.24) is 8.75 Å². The first-order valence-electron chi connectivity index (χ1n) is 5.95. The van der Waals surface area contributed by atoms with Crippen molar-refractivity contribution in [2.75, 3.05) is 31.2 Å². The lowest BCUT2D eigenvalue weighted by Crippen LogP contribution is -3.00. The number of halogens is 1. The minimum absolute atomic E-state index is 0. The number of hydrogen-bond donors (Lipinski definition) is 0. The van der Waals surface area contributed by atoms with Gasteiger partial charge in [-0.3, -0.25) is 0 Å². The molecule has 0 unspecified atom stereocenters. The van der Waals surface area contributed by atoms with Gasteiger partial charge in [-0.2, -0.15) is 8.75 Å². The van der Waals surface area contributed by atoms with Gasteiger partial charge < -0.3 is 33.6 Å². The van der Waals surface area contributed by atoms with E-state index in [0.29, 0.717) is 0 Å². The molecule has 19 heavy (non-hydrogen) atoms. The number of ether oxygens (including phenoxy) is 1. The van der Waals surface area contributed by atoms with Gasteiger partial charge in [-0.15, -0.1) is 0 Å². The molecule has 2 aromatic rings. The minimum atomic E-state index is 0. The molecule has 3 rings (SSSR count). The topological polar surface area (TPSA) is 42.1 Å². The van der Waals surface area contributed by atoms with Crippen molar-refractivity contribution in [2.45, 2.75) is 0 Å². The summed E-state index contributed by atoms with van der Waals surface area (Å²) >= 11 is 1.27. The van der Waals surface area contributed by atoms with Crippen molar-refractivity contribution in [3.8, 4) is 11.3 Å². The van der Waals surface area contributed by atoms with E-state index >= 15 is 0 Å². The van der Waals surface area contributed by atoms with E-state index in [1.807, 2.05) is 23.9 Å². The number of rotatable bonds is 2. The third kappa shape index (κ3) is 3.21. The zero-order valence-corrected chi connectivity index (χ0v) is 13.6. The molecule has 3 heterocycles. The molecule has 0 aromatic carbocycles. The van der Waals surface area contributed by atoms with Crippen LogP contribution in [0.4, 0.5) is 5.82 Å². The van der Waals surface area contributed by atoms with E-state index in [9.17, 15) is 0 Å². The van der Waals surface area contributed by atoms with Gasteiger partial charge >= 0.3 is 0 Å².